The van der Waals surface area contributed by atoms with Gasteiger partial charge in [-0.05, 0) is 24.3 Å². The van der Waals surface area contributed by atoms with Gasteiger partial charge in [-0.1, -0.05) is 11.2 Å². The maximum absolute atomic E-state index is 8.81. The Morgan fingerprint density at radius 1 is 1.33 bits per heavy atom. The lowest BCUT2D eigenvalue weighted by Gasteiger charge is -2.12. The van der Waals surface area contributed by atoms with Crippen molar-refractivity contribution >= 4 is 5.84 Å². The van der Waals surface area contributed by atoms with Crippen molar-refractivity contribution in [3.8, 4) is 11.5 Å². The van der Waals surface area contributed by atoms with Crippen LogP contribution < -0.4 is 15.2 Å². The highest BCUT2D eigenvalue weighted by atomic mass is 16.5. The first kappa shape index (κ1) is 14.6. The molecule has 1 heterocycles. The van der Waals surface area contributed by atoms with E-state index in [9.17, 15) is 0 Å². The van der Waals surface area contributed by atoms with Crippen molar-refractivity contribution in [2.45, 2.75) is 6.42 Å². The number of pyridine rings is 1. The molecule has 0 bridgehead atoms. The molecule has 0 spiro atoms. The molecule has 0 fully saturated rings. The smallest absolute Gasteiger partial charge is 0.173 e. The Morgan fingerprint density at radius 3 is 2.86 bits per heavy atom. The normalized spacial score (nSPS) is 11.2. The SMILES string of the molecule is COc1ccc(/C(N)=N/O)c(OCCc2ccccn2)c1. The summed E-state index contributed by atoms with van der Waals surface area (Å²) in [6.07, 6.45) is 2.40. The van der Waals surface area contributed by atoms with E-state index < -0.39 is 0 Å². The summed E-state index contributed by atoms with van der Waals surface area (Å²) in [5.74, 6) is 1.13. The lowest BCUT2D eigenvalue weighted by molar-refractivity contribution is 0.311. The van der Waals surface area contributed by atoms with Crippen LogP contribution in [0.2, 0.25) is 0 Å². The highest BCUT2D eigenvalue weighted by Crippen LogP contribution is 2.24. The molecule has 6 heteroatoms. The Bertz CT molecular complexity index is 615. The second-order valence-corrected chi connectivity index (χ2v) is 4.27. The summed E-state index contributed by atoms with van der Waals surface area (Å²) in [6, 6.07) is 10.8. The third kappa shape index (κ3) is 3.85. The van der Waals surface area contributed by atoms with Crippen LogP contribution in [-0.4, -0.2) is 29.7 Å². The van der Waals surface area contributed by atoms with Crippen LogP contribution in [0.3, 0.4) is 0 Å². The van der Waals surface area contributed by atoms with Gasteiger partial charge in [0.2, 0.25) is 0 Å². The molecular weight excluding hydrogens is 270 g/mol. The van der Waals surface area contributed by atoms with E-state index >= 15 is 0 Å². The maximum atomic E-state index is 8.81. The molecule has 0 unspecified atom stereocenters. The molecular formula is C15H17N3O3. The van der Waals surface area contributed by atoms with E-state index in [1.807, 2.05) is 18.2 Å². The minimum Gasteiger partial charge on any atom is -0.497 e. The van der Waals surface area contributed by atoms with Crippen LogP contribution in [0.4, 0.5) is 0 Å². The first-order chi connectivity index (χ1) is 10.2. The summed E-state index contributed by atoms with van der Waals surface area (Å²) in [7, 11) is 1.57. The molecule has 3 N–H and O–H groups in total. The Labute approximate surface area is 122 Å². The molecule has 6 nitrogen and oxygen atoms in total. The summed E-state index contributed by atoms with van der Waals surface area (Å²) in [6.45, 7) is 0.426. The molecule has 0 radical (unpaired) electrons. The molecule has 110 valence electrons. The molecule has 1 aromatic carbocycles. The Kier molecular flexibility index (Phi) is 4.98. The second-order valence-electron chi connectivity index (χ2n) is 4.27. The summed E-state index contributed by atoms with van der Waals surface area (Å²) in [5, 5.41) is 11.8. The molecule has 2 rings (SSSR count). The van der Waals surface area contributed by atoms with Gasteiger partial charge in [-0.15, -0.1) is 0 Å². The predicted molar refractivity (Wildman–Crippen MR) is 78.9 cm³/mol. The van der Waals surface area contributed by atoms with Gasteiger partial charge in [-0.3, -0.25) is 4.98 Å². The van der Waals surface area contributed by atoms with E-state index in [1.54, 1.807) is 31.5 Å². The Hall–Kier alpha value is -2.76. The molecule has 1 aromatic heterocycles. The number of methoxy groups -OCH3 is 1. The van der Waals surface area contributed by atoms with E-state index in [2.05, 4.69) is 10.1 Å². The van der Waals surface area contributed by atoms with Crippen LogP contribution in [-0.2, 0) is 6.42 Å². The van der Waals surface area contributed by atoms with Gasteiger partial charge >= 0.3 is 0 Å². The standard InChI is InChI=1S/C15H17N3O3/c1-20-12-5-6-13(15(16)18-19)14(10-12)21-9-7-11-4-2-3-8-17-11/h2-6,8,10,19H,7,9H2,1H3,(H2,16,18). The molecule has 0 aliphatic carbocycles. The monoisotopic (exact) mass is 287 g/mol. The minimum atomic E-state index is -0.00881. The number of oxime groups is 1. The van der Waals surface area contributed by atoms with Crippen molar-refractivity contribution in [3.05, 3.63) is 53.9 Å². The van der Waals surface area contributed by atoms with Gasteiger partial charge < -0.3 is 20.4 Å². The number of hydrogen-bond acceptors (Lipinski definition) is 5. The van der Waals surface area contributed by atoms with Crippen molar-refractivity contribution in [1.29, 1.82) is 0 Å². The van der Waals surface area contributed by atoms with Crippen LogP contribution in [0.25, 0.3) is 0 Å². The van der Waals surface area contributed by atoms with Gasteiger partial charge in [0.1, 0.15) is 11.5 Å². The zero-order valence-electron chi connectivity index (χ0n) is 11.7. The van der Waals surface area contributed by atoms with E-state index in [1.165, 1.54) is 0 Å². The summed E-state index contributed by atoms with van der Waals surface area (Å²) >= 11 is 0. The molecule has 0 saturated heterocycles. The summed E-state index contributed by atoms with van der Waals surface area (Å²) < 4.78 is 10.9. The summed E-state index contributed by atoms with van der Waals surface area (Å²) in [5.41, 5.74) is 7.09. The molecule has 0 saturated carbocycles. The molecule has 0 aliphatic rings. The van der Waals surface area contributed by atoms with Crippen molar-refractivity contribution in [2.24, 2.45) is 10.9 Å². The van der Waals surface area contributed by atoms with Crippen molar-refractivity contribution in [2.75, 3.05) is 13.7 Å². The Balaban J connectivity index is 2.10. The predicted octanol–water partition coefficient (Wildman–Crippen LogP) is 1.81. The quantitative estimate of drug-likeness (QED) is 0.366. The van der Waals surface area contributed by atoms with Crippen LogP contribution in [0, 0.1) is 0 Å². The van der Waals surface area contributed by atoms with Gasteiger partial charge in [-0.2, -0.15) is 0 Å². The third-order valence-corrected chi connectivity index (χ3v) is 2.91. The topological polar surface area (TPSA) is 90.0 Å². The number of aromatic nitrogens is 1. The highest BCUT2D eigenvalue weighted by Gasteiger charge is 2.10. The van der Waals surface area contributed by atoms with Crippen molar-refractivity contribution in [3.63, 3.8) is 0 Å². The number of nitrogens with zero attached hydrogens (tertiary/aromatic N) is 2. The lowest BCUT2D eigenvalue weighted by atomic mass is 10.1. The number of hydrogen-bond donors (Lipinski definition) is 2. The average molecular weight is 287 g/mol. The van der Waals surface area contributed by atoms with Crippen molar-refractivity contribution < 1.29 is 14.7 Å². The van der Waals surface area contributed by atoms with Gasteiger partial charge in [0, 0.05) is 24.4 Å². The molecule has 0 aliphatic heterocycles. The van der Waals surface area contributed by atoms with E-state index in [0.717, 1.165) is 5.69 Å². The molecule has 21 heavy (non-hydrogen) atoms. The molecule has 0 atom stereocenters. The van der Waals surface area contributed by atoms with E-state index in [0.29, 0.717) is 30.1 Å². The fraction of sp³-hybridized carbons (Fsp3) is 0.200. The van der Waals surface area contributed by atoms with Crippen LogP contribution in [0.5, 0.6) is 11.5 Å². The maximum Gasteiger partial charge on any atom is 0.173 e. The minimum absolute atomic E-state index is 0.00881. The lowest BCUT2D eigenvalue weighted by Crippen LogP contribution is -2.15. The Morgan fingerprint density at radius 2 is 2.19 bits per heavy atom. The van der Waals surface area contributed by atoms with Gasteiger partial charge in [0.25, 0.3) is 0 Å². The number of rotatable bonds is 6. The van der Waals surface area contributed by atoms with Crippen LogP contribution >= 0.6 is 0 Å². The van der Waals surface area contributed by atoms with Gasteiger partial charge in [0.05, 0.1) is 19.3 Å². The van der Waals surface area contributed by atoms with Crippen LogP contribution in [0.1, 0.15) is 11.3 Å². The summed E-state index contributed by atoms with van der Waals surface area (Å²) in [4.78, 5) is 4.22. The molecule has 0 amide bonds. The first-order valence-electron chi connectivity index (χ1n) is 6.43. The third-order valence-electron chi connectivity index (χ3n) is 2.91. The van der Waals surface area contributed by atoms with Crippen molar-refractivity contribution in [1.82, 2.24) is 4.98 Å². The zero-order valence-corrected chi connectivity index (χ0v) is 11.7. The van der Waals surface area contributed by atoms with E-state index in [4.69, 9.17) is 20.4 Å². The highest BCUT2D eigenvalue weighted by molar-refractivity contribution is 5.99. The fourth-order valence-corrected chi connectivity index (χ4v) is 1.83. The first-order valence-corrected chi connectivity index (χ1v) is 6.43. The number of nitrogens with two attached hydrogens (primary N) is 1. The second kappa shape index (κ2) is 7.14. The van der Waals surface area contributed by atoms with E-state index in [-0.39, 0.29) is 5.84 Å². The average Bonchev–Trinajstić information content (AvgIpc) is 2.55. The number of benzene rings is 1. The fourth-order valence-electron chi connectivity index (χ4n) is 1.83. The van der Waals surface area contributed by atoms with Crippen LogP contribution in [0.15, 0.2) is 47.8 Å². The number of ether oxygens (including phenoxy) is 2. The zero-order chi connectivity index (χ0) is 15.1. The molecule has 2 aromatic rings. The van der Waals surface area contributed by atoms with Gasteiger partial charge in [0.15, 0.2) is 5.84 Å². The van der Waals surface area contributed by atoms with Gasteiger partial charge in [-0.25, -0.2) is 0 Å². The number of amidine groups is 1. The largest absolute Gasteiger partial charge is 0.497 e.